The van der Waals surface area contributed by atoms with Gasteiger partial charge in [0.05, 0.1) is 12.2 Å². The summed E-state index contributed by atoms with van der Waals surface area (Å²) in [6, 6.07) is 10.8. The van der Waals surface area contributed by atoms with Gasteiger partial charge in [-0.3, -0.25) is 9.59 Å². The number of aromatic nitrogens is 1. The van der Waals surface area contributed by atoms with Crippen molar-refractivity contribution in [2.24, 2.45) is 0 Å². The molecule has 1 amide bonds. The molecule has 0 fully saturated rings. The van der Waals surface area contributed by atoms with Crippen molar-refractivity contribution in [3.63, 3.8) is 0 Å². The van der Waals surface area contributed by atoms with Crippen molar-refractivity contribution in [3.05, 3.63) is 64.1 Å². The maximum atomic E-state index is 11.8. The van der Waals surface area contributed by atoms with Gasteiger partial charge in [0.1, 0.15) is 5.56 Å². The van der Waals surface area contributed by atoms with E-state index in [1.54, 1.807) is 6.07 Å². The molecule has 2 aromatic rings. The number of para-hydroxylation sites is 1. The molecule has 5 nitrogen and oxygen atoms in total. The van der Waals surface area contributed by atoms with E-state index in [2.05, 4.69) is 22.1 Å². The van der Waals surface area contributed by atoms with Crippen LogP contribution in [0.15, 0.2) is 47.4 Å². The first-order valence-corrected chi connectivity index (χ1v) is 6.80. The van der Waals surface area contributed by atoms with E-state index in [9.17, 15) is 9.59 Å². The van der Waals surface area contributed by atoms with E-state index in [-0.39, 0.29) is 12.1 Å². The number of hydrogen-bond acceptors (Lipinski definition) is 3. The van der Waals surface area contributed by atoms with E-state index in [0.717, 1.165) is 11.3 Å². The quantitative estimate of drug-likeness (QED) is 0.837. The maximum Gasteiger partial charge on any atom is 0.260 e. The molecule has 0 aliphatic rings. The van der Waals surface area contributed by atoms with Crippen LogP contribution in [-0.4, -0.2) is 31.5 Å². The van der Waals surface area contributed by atoms with Gasteiger partial charge in [-0.25, -0.2) is 0 Å². The number of carbonyl (C=O) groups is 1. The molecule has 2 N–H and O–H groups in total. The van der Waals surface area contributed by atoms with Gasteiger partial charge in [0, 0.05) is 25.9 Å². The smallest absolute Gasteiger partial charge is 0.260 e. The molecular formula is C17H17N3O2. The minimum atomic E-state index is -0.433. The molecular weight excluding hydrogens is 278 g/mol. The van der Waals surface area contributed by atoms with Crippen molar-refractivity contribution in [1.82, 2.24) is 10.3 Å². The number of benzene rings is 1. The maximum absolute atomic E-state index is 11.8. The van der Waals surface area contributed by atoms with Crippen molar-refractivity contribution in [3.8, 4) is 11.8 Å². The fraction of sp³-hybridized carbons (Fsp3) is 0.176. The number of carbonyl (C=O) groups excluding carboxylic acids is 1. The van der Waals surface area contributed by atoms with E-state index in [1.165, 1.54) is 12.3 Å². The molecule has 1 aromatic heterocycles. The minimum Gasteiger partial charge on any atom is -0.377 e. The summed E-state index contributed by atoms with van der Waals surface area (Å²) >= 11 is 0. The lowest BCUT2D eigenvalue weighted by Crippen LogP contribution is -2.29. The third-order valence-electron chi connectivity index (χ3n) is 3.01. The largest absolute Gasteiger partial charge is 0.377 e. The summed E-state index contributed by atoms with van der Waals surface area (Å²) in [5.74, 6) is 5.49. The van der Waals surface area contributed by atoms with Gasteiger partial charge in [0.25, 0.3) is 11.5 Å². The van der Waals surface area contributed by atoms with Gasteiger partial charge < -0.3 is 15.2 Å². The Kier molecular flexibility index (Phi) is 4.99. The third-order valence-corrected chi connectivity index (χ3v) is 3.01. The van der Waals surface area contributed by atoms with Crippen LogP contribution in [0.4, 0.5) is 5.69 Å². The van der Waals surface area contributed by atoms with Crippen molar-refractivity contribution < 1.29 is 4.79 Å². The van der Waals surface area contributed by atoms with Gasteiger partial charge in [-0.05, 0) is 24.3 Å². The van der Waals surface area contributed by atoms with Crippen molar-refractivity contribution in [1.29, 1.82) is 0 Å². The van der Waals surface area contributed by atoms with E-state index in [1.807, 2.05) is 43.3 Å². The van der Waals surface area contributed by atoms with Crippen molar-refractivity contribution >= 4 is 11.6 Å². The molecule has 0 bridgehead atoms. The highest BCUT2D eigenvalue weighted by Crippen LogP contribution is 2.16. The van der Waals surface area contributed by atoms with E-state index < -0.39 is 11.5 Å². The number of nitrogens with one attached hydrogen (secondary N) is 2. The number of anilines is 1. The van der Waals surface area contributed by atoms with Crippen LogP contribution in [0.5, 0.6) is 0 Å². The molecule has 0 unspecified atom stereocenters. The average Bonchev–Trinajstić information content (AvgIpc) is 2.52. The Balaban J connectivity index is 2.03. The lowest BCUT2D eigenvalue weighted by molar-refractivity contribution is 0.0957. The number of amides is 1. The summed E-state index contributed by atoms with van der Waals surface area (Å²) in [4.78, 5) is 27.8. The molecule has 1 heterocycles. The van der Waals surface area contributed by atoms with Crippen LogP contribution in [0.3, 0.4) is 0 Å². The Bertz CT molecular complexity index is 782. The number of hydrogen-bond donors (Lipinski definition) is 2. The summed E-state index contributed by atoms with van der Waals surface area (Å²) in [5, 5.41) is 2.61. The number of nitrogens with zero attached hydrogens (tertiary/aromatic N) is 1. The van der Waals surface area contributed by atoms with Crippen LogP contribution in [-0.2, 0) is 0 Å². The van der Waals surface area contributed by atoms with Crippen molar-refractivity contribution in [2.75, 3.05) is 25.5 Å². The zero-order valence-corrected chi connectivity index (χ0v) is 12.5. The highest BCUT2D eigenvalue weighted by Gasteiger charge is 2.07. The standard InChI is InChI=1S/C17H17N3O2/c1-20(2)15-10-4-3-7-13(15)8-5-11-18-16(21)14-9-6-12-19-17(14)22/h3-4,6-7,9-10,12H,11H2,1-2H3,(H,18,21)(H,19,22). The molecule has 1 aromatic carbocycles. The first-order valence-electron chi connectivity index (χ1n) is 6.80. The van der Waals surface area contributed by atoms with E-state index >= 15 is 0 Å². The Labute approximate surface area is 129 Å². The zero-order chi connectivity index (χ0) is 15.9. The highest BCUT2D eigenvalue weighted by atomic mass is 16.2. The Hall–Kier alpha value is -3.00. The monoisotopic (exact) mass is 295 g/mol. The number of H-pyrrole nitrogens is 1. The molecule has 0 atom stereocenters. The SMILES string of the molecule is CN(C)c1ccccc1C#CCNC(=O)c1ccc[nH]c1=O. The summed E-state index contributed by atoms with van der Waals surface area (Å²) in [6.45, 7) is 0.176. The van der Waals surface area contributed by atoms with Crippen LogP contribution in [0, 0.1) is 11.8 Å². The van der Waals surface area contributed by atoms with Crippen LogP contribution in [0.1, 0.15) is 15.9 Å². The van der Waals surface area contributed by atoms with Crippen LogP contribution in [0.25, 0.3) is 0 Å². The summed E-state index contributed by atoms with van der Waals surface area (Å²) < 4.78 is 0. The second kappa shape index (κ2) is 7.14. The zero-order valence-electron chi connectivity index (χ0n) is 12.5. The molecule has 2 rings (SSSR count). The molecule has 0 aliphatic heterocycles. The van der Waals surface area contributed by atoms with Crippen molar-refractivity contribution in [2.45, 2.75) is 0 Å². The van der Waals surface area contributed by atoms with E-state index in [4.69, 9.17) is 0 Å². The molecule has 5 heteroatoms. The summed E-state index contributed by atoms with van der Waals surface area (Å²) in [7, 11) is 3.90. The minimum absolute atomic E-state index is 0.0815. The fourth-order valence-electron chi connectivity index (χ4n) is 1.93. The summed E-state index contributed by atoms with van der Waals surface area (Å²) in [6.07, 6.45) is 1.48. The second-order valence-corrected chi connectivity index (χ2v) is 4.81. The Morgan fingerprint density at radius 3 is 2.73 bits per heavy atom. The van der Waals surface area contributed by atoms with Gasteiger partial charge in [-0.2, -0.15) is 0 Å². The van der Waals surface area contributed by atoms with Gasteiger partial charge in [-0.1, -0.05) is 24.0 Å². The van der Waals surface area contributed by atoms with Crippen LogP contribution in [0.2, 0.25) is 0 Å². The van der Waals surface area contributed by atoms with Crippen LogP contribution >= 0.6 is 0 Å². The highest BCUT2D eigenvalue weighted by molar-refractivity contribution is 5.93. The lowest BCUT2D eigenvalue weighted by Gasteiger charge is -2.13. The first kappa shape index (κ1) is 15.4. The average molecular weight is 295 g/mol. The number of aromatic amines is 1. The number of rotatable bonds is 3. The van der Waals surface area contributed by atoms with Gasteiger partial charge in [0.15, 0.2) is 0 Å². The second-order valence-electron chi connectivity index (χ2n) is 4.81. The van der Waals surface area contributed by atoms with E-state index in [0.29, 0.717) is 0 Å². The topological polar surface area (TPSA) is 65.2 Å². The molecule has 22 heavy (non-hydrogen) atoms. The first-order chi connectivity index (χ1) is 10.6. The molecule has 0 radical (unpaired) electrons. The van der Waals surface area contributed by atoms with Gasteiger partial charge in [-0.15, -0.1) is 0 Å². The predicted molar refractivity (Wildman–Crippen MR) is 87.0 cm³/mol. The van der Waals surface area contributed by atoms with Crippen LogP contribution < -0.4 is 15.8 Å². The number of pyridine rings is 1. The fourth-order valence-corrected chi connectivity index (χ4v) is 1.93. The molecule has 112 valence electrons. The third kappa shape index (κ3) is 3.76. The summed E-state index contributed by atoms with van der Waals surface area (Å²) in [5.41, 5.74) is 1.57. The molecule has 0 saturated carbocycles. The molecule has 0 saturated heterocycles. The molecule has 0 aliphatic carbocycles. The predicted octanol–water partition coefficient (Wildman–Crippen LogP) is 1.22. The molecule has 0 spiro atoms. The van der Waals surface area contributed by atoms with Gasteiger partial charge >= 0.3 is 0 Å². The Morgan fingerprint density at radius 2 is 2.00 bits per heavy atom. The van der Waals surface area contributed by atoms with Gasteiger partial charge in [0.2, 0.25) is 0 Å². The normalized spacial score (nSPS) is 9.55. The Morgan fingerprint density at radius 1 is 1.23 bits per heavy atom. The lowest BCUT2D eigenvalue weighted by atomic mass is 10.1.